The minimum absolute atomic E-state index is 0.283. The number of aromatic nitrogens is 1. The predicted molar refractivity (Wildman–Crippen MR) is 93.3 cm³/mol. The SMILES string of the molecule is C=CC(=O)Nc1cccc(C(=O)NNC(=O)c2cc(Br)cn2C)c1. The van der Waals surface area contributed by atoms with Crippen LogP contribution in [0.1, 0.15) is 20.8 Å². The smallest absolute Gasteiger partial charge is 0.286 e. The predicted octanol–water partition coefficient (Wildman–Crippen LogP) is 1.99. The van der Waals surface area contributed by atoms with Gasteiger partial charge in [0.25, 0.3) is 11.8 Å². The molecule has 0 saturated heterocycles. The van der Waals surface area contributed by atoms with Gasteiger partial charge in [0.15, 0.2) is 0 Å². The Morgan fingerprint density at radius 2 is 1.88 bits per heavy atom. The molecule has 0 atom stereocenters. The zero-order valence-corrected chi connectivity index (χ0v) is 14.4. The summed E-state index contributed by atoms with van der Waals surface area (Å²) in [6.07, 6.45) is 2.85. The molecule has 0 fully saturated rings. The van der Waals surface area contributed by atoms with Gasteiger partial charge < -0.3 is 9.88 Å². The third kappa shape index (κ3) is 4.32. The first-order valence-electron chi connectivity index (χ1n) is 6.86. The van der Waals surface area contributed by atoms with Gasteiger partial charge in [0, 0.05) is 29.0 Å². The monoisotopic (exact) mass is 390 g/mol. The Labute approximate surface area is 146 Å². The quantitative estimate of drug-likeness (QED) is 0.550. The van der Waals surface area contributed by atoms with Gasteiger partial charge in [0.1, 0.15) is 5.69 Å². The molecular formula is C16H15BrN4O3. The molecule has 0 aliphatic rings. The zero-order valence-electron chi connectivity index (χ0n) is 12.8. The van der Waals surface area contributed by atoms with Crippen LogP contribution in [0.4, 0.5) is 5.69 Å². The maximum Gasteiger partial charge on any atom is 0.286 e. The van der Waals surface area contributed by atoms with E-state index in [0.717, 1.165) is 10.5 Å². The molecule has 0 bridgehead atoms. The molecule has 2 aromatic rings. The number of halogens is 1. The molecule has 8 heteroatoms. The summed E-state index contributed by atoms with van der Waals surface area (Å²) in [4.78, 5) is 35.4. The van der Waals surface area contributed by atoms with Gasteiger partial charge in [-0.25, -0.2) is 0 Å². The lowest BCUT2D eigenvalue weighted by molar-refractivity contribution is -0.111. The maximum absolute atomic E-state index is 12.1. The number of hydrazine groups is 1. The first-order valence-corrected chi connectivity index (χ1v) is 7.66. The van der Waals surface area contributed by atoms with Crippen LogP contribution in [0, 0.1) is 0 Å². The number of carbonyl (C=O) groups excluding carboxylic acids is 3. The summed E-state index contributed by atoms with van der Waals surface area (Å²) in [6.45, 7) is 3.36. The highest BCUT2D eigenvalue weighted by molar-refractivity contribution is 9.10. The van der Waals surface area contributed by atoms with Crippen molar-refractivity contribution in [2.45, 2.75) is 0 Å². The number of rotatable bonds is 4. The van der Waals surface area contributed by atoms with Gasteiger partial charge in [0.05, 0.1) is 0 Å². The van der Waals surface area contributed by atoms with E-state index in [-0.39, 0.29) is 11.5 Å². The van der Waals surface area contributed by atoms with Crippen LogP contribution >= 0.6 is 15.9 Å². The number of benzene rings is 1. The Kier molecular flexibility index (Phi) is 5.54. The fourth-order valence-corrected chi connectivity index (χ4v) is 2.46. The molecule has 3 amide bonds. The molecule has 3 N–H and O–H groups in total. The van der Waals surface area contributed by atoms with E-state index in [0.29, 0.717) is 11.4 Å². The second-order valence-corrected chi connectivity index (χ2v) is 5.75. The van der Waals surface area contributed by atoms with Crippen molar-refractivity contribution in [3.63, 3.8) is 0 Å². The van der Waals surface area contributed by atoms with E-state index in [9.17, 15) is 14.4 Å². The highest BCUT2D eigenvalue weighted by atomic mass is 79.9. The number of nitrogens with zero attached hydrogens (tertiary/aromatic N) is 1. The van der Waals surface area contributed by atoms with Gasteiger partial charge in [0.2, 0.25) is 5.91 Å². The van der Waals surface area contributed by atoms with E-state index in [2.05, 4.69) is 38.7 Å². The highest BCUT2D eigenvalue weighted by Gasteiger charge is 2.13. The van der Waals surface area contributed by atoms with E-state index in [4.69, 9.17) is 0 Å². The molecule has 1 aromatic heterocycles. The average Bonchev–Trinajstić information content (AvgIpc) is 2.91. The van der Waals surface area contributed by atoms with Crippen molar-refractivity contribution in [2.75, 3.05) is 5.32 Å². The number of hydrogen-bond acceptors (Lipinski definition) is 3. The summed E-state index contributed by atoms with van der Waals surface area (Å²) in [5.41, 5.74) is 5.78. The first kappa shape index (κ1) is 17.5. The van der Waals surface area contributed by atoms with E-state index in [1.54, 1.807) is 42.1 Å². The van der Waals surface area contributed by atoms with E-state index >= 15 is 0 Å². The van der Waals surface area contributed by atoms with E-state index in [1.165, 1.54) is 6.07 Å². The van der Waals surface area contributed by atoms with Crippen LogP contribution in [0.25, 0.3) is 0 Å². The van der Waals surface area contributed by atoms with Crippen molar-refractivity contribution in [1.82, 2.24) is 15.4 Å². The van der Waals surface area contributed by atoms with Crippen molar-refractivity contribution in [3.05, 3.63) is 64.9 Å². The lowest BCUT2D eigenvalue weighted by Gasteiger charge is -2.09. The second kappa shape index (κ2) is 7.60. The fraction of sp³-hybridized carbons (Fsp3) is 0.0625. The molecule has 0 saturated carbocycles. The second-order valence-electron chi connectivity index (χ2n) is 4.84. The van der Waals surface area contributed by atoms with Crippen LogP contribution in [0.5, 0.6) is 0 Å². The largest absolute Gasteiger partial charge is 0.345 e. The van der Waals surface area contributed by atoms with Gasteiger partial charge >= 0.3 is 0 Å². The number of nitrogens with one attached hydrogen (secondary N) is 3. The van der Waals surface area contributed by atoms with Gasteiger partial charge in [-0.15, -0.1) is 0 Å². The maximum atomic E-state index is 12.1. The first-order chi connectivity index (χ1) is 11.4. The van der Waals surface area contributed by atoms with Gasteiger partial charge in [-0.05, 0) is 46.3 Å². The van der Waals surface area contributed by atoms with Crippen molar-refractivity contribution >= 4 is 39.3 Å². The topological polar surface area (TPSA) is 92.2 Å². The highest BCUT2D eigenvalue weighted by Crippen LogP contribution is 2.13. The number of anilines is 1. The van der Waals surface area contributed by atoms with Crippen molar-refractivity contribution in [3.8, 4) is 0 Å². The minimum Gasteiger partial charge on any atom is -0.345 e. The number of carbonyl (C=O) groups is 3. The van der Waals surface area contributed by atoms with Crippen molar-refractivity contribution in [1.29, 1.82) is 0 Å². The molecule has 0 aliphatic carbocycles. The lowest BCUT2D eigenvalue weighted by atomic mass is 10.2. The van der Waals surface area contributed by atoms with Gasteiger partial charge in [-0.3, -0.25) is 25.2 Å². The van der Waals surface area contributed by atoms with Crippen LogP contribution in [0.15, 0.2) is 53.7 Å². The summed E-state index contributed by atoms with van der Waals surface area (Å²) in [5, 5.41) is 2.55. The Morgan fingerprint density at radius 1 is 1.17 bits per heavy atom. The zero-order chi connectivity index (χ0) is 17.7. The van der Waals surface area contributed by atoms with Gasteiger partial charge in [-0.1, -0.05) is 12.6 Å². The number of amides is 3. The summed E-state index contributed by atoms with van der Waals surface area (Å²) in [6, 6.07) is 7.93. The van der Waals surface area contributed by atoms with Crippen molar-refractivity contribution in [2.24, 2.45) is 7.05 Å². The molecule has 0 radical (unpaired) electrons. The molecule has 1 aromatic carbocycles. The van der Waals surface area contributed by atoms with Gasteiger partial charge in [-0.2, -0.15) is 0 Å². The molecular weight excluding hydrogens is 376 g/mol. The molecule has 0 aliphatic heterocycles. The summed E-state index contributed by atoms with van der Waals surface area (Å²) >= 11 is 3.27. The third-order valence-electron chi connectivity index (χ3n) is 3.07. The molecule has 2 rings (SSSR count). The summed E-state index contributed by atoms with van der Waals surface area (Å²) < 4.78 is 2.38. The Bertz CT molecular complexity index is 813. The van der Waals surface area contributed by atoms with Crippen LogP contribution in [0.2, 0.25) is 0 Å². The molecule has 1 heterocycles. The standard InChI is InChI=1S/C16H15BrN4O3/c1-3-14(22)18-12-6-4-5-10(7-12)15(23)19-20-16(24)13-8-11(17)9-21(13)2/h3-9H,1H2,2H3,(H,18,22)(H,19,23)(H,20,24). The molecule has 0 spiro atoms. The number of hydrogen-bond donors (Lipinski definition) is 3. The van der Waals surface area contributed by atoms with Crippen LogP contribution in [-0.2, 0) is 11.8 Å². The molecule has 24 heavy (non-hydrogen) atoms. The van der Waals surface area contributed by atoms with Crippen molar-refractivity contribution < 1.29 is 14.4 Å². The Balaban J connectivity index is 2.01. The summed E-state index contributed by atoms with van der Waals surface area (Å²) in [5.74, 6) is -1.34. The normalized spacial score (nSPS) is 9.92. The fourth-order valence-electron chi connectivity index (χ4n) is 1.93. The molecule has 0 unspecified atom stereocenters. The Morgan fingerprint density at radius 3 is 2.50 bits per heavy atom. The lowest BCUT2D eigenvalue weighted by Crippen LogP contribution is -2.42. The van der Waals surface area contributed by atoms with Crippen LogP contribution in [0.3, 0.4) is 0 Å². The molecule has 124 valence electrons. The Hall–Kier alpha value is -2.87. The third-order valence-corrected chi connectivity index (χ3v) is 3.51. The van der Waals surface area contributed by atoms with Crippen LogP contribution < -0.4 is 16.2 Å². The number of aryl methyl sites for hydroxylation is 1. The molecule has 7 nitrogen and oxygen atoms in total. The van der Waals surface area contributed by atoms with E-state index < -0.39 is 11.8 Å². The minimum atomic E-state index is -0.508. The van der Waals surface area contributed by atoms with E-state index in [1.807, 2.05) is 0 Å². The average molecular weight is 391 g/mol. The summed E-state index contributed by atoms with van der Waals surface area (Å²) in [7, 11) is 1.72. The van der Waals surface area contributed by atoms with Crippen LogP contribution in [-0.4, -0.2) is 22.3 Å².